The van der Waals surface area contributed by atoms with E-state index in [0.29, 0.717) is 12.0 Å². The van der Waals surface area contributed by atoms with E-state index >= 15 is 0 Å². The molecule has 0 amide bonds. The van der Waals surface area contributed by atoms with Gasteiger partial charge in [0.1, 0.15) is 0 Å². The van der Waals surface area contributed by atoms with Gasteiger partial charge in [-0.2, -0.15) is 0 Å². The van der Waals surface area contributed by atoms with Crippen molar-refractivity contribution in [1.82, 2.24) is 10.2 Å². The van der Waals surface area contributed by atoms with Gasteiger partial charge in [0.2, 0.25) is 0 Å². The largest absolute Gasteiger partial charge is 0.311 e. The lowest BCUT2D eigenvalue weighted by atomic mass is 9.81. The summed E-state index contributed by atoms with van der Waals surface area (Å²) in [4.78, 5) is 2.04. The molecule has 19 heavy (non-hydrogen) atoms. The predicted molar refractivity (Wildman–Crippen MR) is 74.6 cm³/mol. The van der Waals surface area contributed by atoms with Crippen LogP contribution in [0.5, 0.6) is 0 Å². The lowest BCUT2D eigenvalue weighted by molar-refractivity contribution is -0.0141. The van der Waals surface area contributed by atoms with E-state index < -0.39 is 6.43 Å². The Hall–Kier alpha value is -0.220. The topological polar surface area (TPSA) is 15.3 Å². The van der Waals surface area contributed by atoms with Crippen LogP contribution in [0.25, 0.3) is 0 Å². The summed E-state index contributed by atoms with van der Waals surface area (Å²) in [6.07, 6.45) is 5.19. The maximum atomic E-state index is 12.8. The monoisotopic (exact) mass is 274 g/mol. The van der Waals surface area contributed by atoms with E-state index in [9.17, 15) is 8.78 Å². The zero-order chi connectivity index (χ0) is 13.9. The van der Waals surface area contributed by atoms with E-state index in [-0.39, 0.29) is 12.1 Å². The molecule has 2 rings (SSSR count). The van der Waals surface area contributed by atoms with Gasteiger partial charge < -0.3 is 5.32 Å². The number of hydrogen-bond acceptors (Lipinski definition) is 2. The van der Waals surface area contributed by atoms with Crippen molar-refractivity contribution in [3.63, 3.8) is 0 Å². The Bertz CT molecular complexity index is 279. The van der Waals surface area contributed by atoms with Crippen LogP contribution in [-0.4, -0.2) is 42.5 Å². The van der Waals surface area contributed by atoms with Crippen LogP contribution in [0.3, 0.4) is 0 Å². The summed E-state index contributed by atoms with van der Waals surface area (Å²) < 4.78 is 25.6. The number of hydrogen-bond donors (Lipinski definition) is 1. The zero-order valence-corrected chi connectivity index (χ0v) is 12.3. The Balaban J connectivity index is 1.99. The third-order valence-electron chi connectivity index (χ3n) is 5.26. The molecule has 1 heterocycles. The first-order chi connectivity index (χ1) is 9.05. The minimum Gasteiger partial charge on any atom is -0.311 e. The second-order valence-electron chi connectivity index (χ2n) is 6.53. The smallest absolute Gasteiger partial charge is 0.251 e. The molecule has 1 N–H and O–H groups in total. The van der Waals surface area contributed by atoms with Gasteiger partial charge in [-0.3, -0.25) is 4.90 Å². The predicted octanol–water partition coefficient (Wildman–Crippen LogP) is 3.27. The van der Waals surface area contributed by atoms with Gasteiger partial charge in [0.05, 0.1) is 6.54 Å². The molecule has 112 valence electrons. The first kappa shape index (κ1) is 15.2. The highest BCUT2D eigenvalue weighted by Gasteiger charge is 2.39. The van der Waals surface area contributed by atoms with Crippen LogP contribution in [-0.2, 0) is 0 Å². The summed E-state index contributed by atoms with van der Waals surface area (Å²) in [6.45, 7) is 5.77. The van der Waals surface area contributed by atoms with E-state index in [1.54, 1.807) is 0 Å². The molecular weight excluding hydrogens is 246 g/mol. The summed E-state index contributed by atoms with van der Waals surface area (Å²) >= 11 is 0. The quantitative estimate of drug-likeness (QED) is 0.846. The molecule has 0 bridgehead atoms. The fraction of sp³-hybridized carbons (Fsp3) is 1.00. The van der Waals surface area contributed by atoms with Crippen molar-refractivity contribution in [2.45, 2.75) is 70.4 Å². The van der Waals surface area contributed by atoms with Crippen molar-refractivity contribution in [2.75, 3.05) is 19.6 Å². The summed E-state index contributed by atoms with van der Waals surface area (Å²) in [5, 5.41) is 3.65. The van der Waals surface area contributed by atoms with Crippen LogP contribution >= 0.6 is 0 Å². The third kappa shape index (κ3) is 3.66. The van der Waals surface area contributed by atoms with Crippen LogP contribution < -0.4 is 5.32 Å². The van der Waals surface area contributed by atoms with Crippen LogP contribution in [0, 0.1) is 5.92 Å². The van der Waals surface area contributed by atoms with Crippen LogP contribution in [0.15, 0.2) is 0 Å². The molecule has 0 aromatic heterocycles. The molecule has 2 unspecified atom stereocenters. The van der Waals surface area contributed by atoms with E-state index in [4.69, 9.17) is 0 Å². The maximum Gasteiger partial charge on any atom is 0.251 e. The molecule has 1 aliphatic carbocycles. The fourth-order valence-electron chi connectivity index (χ4n) is 3.65. The van der Waals surface area contributed by atoms with E-state index in [0.717, 1.165) is 19.5 Å². The highest BCUT2D eigenvalue weighted by atomic mass is 19.3. The van der Waals surface area contributed by atoms with Crippen LogP contribution in [0.4, 0.5) is 8.78 Å². The summed E-state index contributed by atoms with van der Waals surface area (Å²) in [6, 6.07) is 0.415. The van der Waals surface area contributed by atoms with Crippen LogP contribution in [0.2, 0.25) is 0 Å². The van der Waals surface area contributed by atoms with Crippen molar-refractivity contribution >= 4 is 0 Å². The standard InChI is InChI=1S/C15H28F2N2/c1-3-15(2)11-18-13(9-19(15)10-14(16)17)12-7-5-4-6-8-12/h12-14,18H,3-11H2,1-2H3. The Morgan fingerprint density at radius 1 is 1.26 bits per heavy atom. The highest BCUT2D eigenvalue weighted by molar-refractivity contribution is 4.97. The molecule has 0 radical (unpaired) electrons. The summed E-state index contributed by atoms with van der Waals surface area (Å²) in [5.74, 6) is 0.690. The first-order valence-corrected chi connectivity index (χ1v) is 7.82. The van der Waals surface area contributed by atoms with E-state index in [1.165, 1.54) is 32.1 Å². The number of alkyl halides is 2. The van der Waals surface area contributed by atoms with E-state index in [2.05, 4.69) is 19.2 Å². The Morgan fingerprint density at radius 2 is 1.95 bits per heavy atom. The normalized spacial score (nSPS) is 34.9. The average molecular weight is 274 g/mol. The van der Waals surface area contributed by atoms with Gasteiger partial charge in [-0.15, -0.1) is 0 Å². The molecule has 1 aliphatic heterocycles. The van der Waals surface area contributed by atoms with Gasteiger partial charge in [-0.05, 0) is 32.1 Å². The zero-order valence-electron chi connectivity index (χ0n) is 12.3. The SMILES string of the molecule is CCC1(C)CNC(C2CCCCC2)CN1CC(F)F. The molecule has 2 nitrogen and oxygen atoms in total. The first-order valence-electron chi connectivity index (χ1n) is 7.82. The minimum atomic E-state index is -2.23. The number of rotatable bonds is 4. The Kier molecular flexibility index (Phi) is 5.18. The minimum absolute atomic E-state index is 0.0742. The van der Waals surface area contributed by atoms with Gasteiger partial charge in [0.15, 0.2) is 0 Å². The summed E-state index contributed by atoms with van der Waals surface area (Å²) in [5.41, 5.74) is -0.110. The number of nitrogens with zero attached hydrogens (tertiary/aromatic N) is 1. The molecule has 1 saturated carbocycles. The van der Waals surface area contributed by atoms with Gasteiger partial charge in [-0.25, -0.2) is 8.78 Å². The summed E-state index contributed by atoms with van der Waals surface area (Å²) in [7, 11) is 0. The molecular formula is C15H28F2N2. The molecule has 4 heteroatoms. The number of halogens is 2. The van der Waals surface area contributed by atoms with Gasteiger partial charge in [0, 0.05) is 24.7 Å². The van der Waals surface area contributed by atoms with Crippen molar-refractivity contribution in [3.8, 4) is 0 Å². The second kappa shape index (κ2) is 6.49. The van der Waals surface area contributed by atoms with Crippen molar-refractivity contribution in [1.29, 1.82) is 0 Å². The molecule has 0 spiro atoms. The molecule has 0 aromatic rings. The van der Waals surface area contributed by atoms with E-state index in [1.807, 2.05) is 4.90 Å². The van der Waals surface area contributed by atoms with Gasteiger partial charge in [0.25, 0.3) is 6.43 Å². The molecule has 2 atom stereocenters. The molecule has 2 fully saturated rings. The average Bonchev–Trinajstić information content (AvgIpc) is 2.42. The lowest BCUT2D eigenvalue weighted by Gasteiger charge is -2.50. The van der Waals surface area contributed by atoms with Crippen molar-refractivity contribution in [2.24, 2.45) is 5.92 Å². The number of nitrogens with one attached hydrogen (secondary N) is 1. The van der Waals surface area contributed by atoms with Crippen molar-refractivity contribution in [3.05, 3.63) is 0 Å². The Morgan fingerprint density at radius 3 is 2.53 bits per heavy atom. The number of piperazine rings is 1. The van der Waals surface area contributed by atoms with Gasteiger partial charge >= 0.3 is 0 Å². The van der Waals surface area contributed by atoms with Crippen LogP contribution in [0.1, 0.15) is 52.4 Å². The molecule has 2 aliphatic rings. The van der Waals surface area contributed by atoms with Crippen molar-refractivity contribution < 1.29 is 8.78 Å². The molecule has 1 saturated heterocycles. The lowest BCUT2D eigenvalue weighted by Crippen LogP contribution is -2.65. The maximum absolute atomic E-state index is 12.8. The highest BCUT2D eigenvalue weighted by Crippen LogP contribution is 2.31. The Labute approximate surface area is 115 Å². The fourth-order valence-corrected chi connectivity index (χ4v) is 3.65. The third-order valence-corrected chi connectivity index (χ3v) is 5.26. The van der Waals surface area contributed by atoms with Gasteiger partial charge in [-0.1, -0.05) is 26.2 Å². The molecule has 0 aromatic carbocycles. The second-order valence-corrected chi connectivity index (χ2v) is 6.53.